The SMILES string of the molecule is CCCCCCCCC/C=C\CCCCCCCC(=O)OCCCCCCCCCCCCCCCCCCCCCCCCCCCCCCCCCCCC(=O)NC(CO)C(O)CCCCCCCCCCCCCCCC. The van der Waals surface area contributed by atoms with E-state index in [1.54, 1.807) is 0 Å². The van der Waals surface area contributed by atoms with E-state index in [1.165, 1.54) is 347 Å². The number of carbonyl (C=O) groups excluding carboxylic acids is 2. The lowest BCUT2D eigenvalue weighted by molar-refractivity contribution is -0.143. The van der Waals surface area contributed by atoms with Crippen LogP contribution in [0.25, 0.3) is 0 Å². The van der Waals surface area contributed by atoms with Crippen molar-refractivity contribution in [3.63, 3.8) is 0 Å². The lowest BCUT2D eigenvalue weighted by Gasteiger charge is -2.22. The van der Waals surface area contributed by atoms with Crippen molar-refractivity contribution >= 4 is 11.9 Å². The van der Waals surface area contributed by atoms with Gasteiger partial charge in [-0.3, -0.25) is 9.59 Å². The number of aliphatic hydroxyl groups is 2. The van der Waals surface area contributed by atoms with Crippen molar-refractivity contribution in [3.8, 4) is 0 Å². The molecule has 0 aromatic rings. The van der Waals surface area contributed by atoms with Crippen LogP contribution in [0, 0.1) is 0 Å². The van der Waals surface area contributed by atoms with Gasteiger partial charge in [-0.15, -0.1) is 0 Å². The van der Waals surface area contributed by atoms with E-state index in [0.717, 1.165) is 44.9 Å². The maximum Gasteiger partial charge on any atom is 0.305 e. The summed E-state index contributed by atoms with van der Waals surface area (Å²) in [5, 5.41) is 23.3. The first-order valence-corrected chi connectivity index (χ1v) is 36.9. The molecule has 2 atom stereocenters. The van der Waals surface area contributed by atoms with Gasteiger partial charge in [0, 0.05) is 12.8 Å². The third-order valence-corrected chi connectivity index (χ3v) is 17.6. The fourth-order valence-electron chi connectivity index (χ4n) is 11.9. The van der Waals surface area contributed by atoms with Crippen LogP contribution in [0.3, 0.4) is 0 Å². The number of rotatable bonds is 70. The van der Waals surface area contributed by atoms with Crippen LogP contribution in [0.2, 0.25) is 0 Å². The second-order valence-electron chi connectivity index (χ2n) is 25.6. The zero-order chi connectivity index (χ0) is 57.8. The number of hydrogen-bond donors (Lipinski definition) is 3. The topological polar surface area (TPSA) is 95.9 Å². The smallest absolute Gasteiger partial charge is 0.305 e. The summed E-state index contributed by atoms with van der Waals surface area (Å²) >= 11 is 0. The Bertz CT molecular complexity index is 1210. The minimum atomic E-state index is -0.660. The Morgan fingerprint density at radius 3 is 0.887 bits per heavy atom. The van der Waals surface area contributed by atoms with Gasteiger partial charge in [0.15, 0.2) is 0 Å². The van der Waals surface area contributed by atoms with Crippen LogP contribution >= 0.6 is 0 Å². The van der Waals surface area contributed by atoms with Gasteiger partial charge < -0.3 is 20.3 Å². The highest BCUT2D eigenvalue weighted by molar-refractivity contribution is 5.76. The van der Waals surface area contributed by atoms with E-state index in [9.17, 15) is 19.8 Å². The predicted molar refractivity (Wildman–Crippen MR) is 352 cm³/mol. The second-order valence-corrected chi connectivity index (χ2v) is 25.6. The molecule has 0 saturated carbocycles. The molecule has 0 radical (unpaired) electrons. The second kappa shape index (κ2) is 70.1. The van der Waals surface area contributed by atoms with Crippen LogP contribution in [-0.4, -0.2) is 47.4 Å². The summed E-state index contributed by atoms with van der Waals surface area (Å²) in [6.45, 7) is 4.99. The monoisotopic (exact) mass is 1130 g/mol. The molecule has 476 valence electrons. The molecule has 0 rings (SSSR count). The van der Waals surface area contributed by atoms with Crippen molar-refractivity contribution in [2.75, 3.05) is 13.2 Å². The van der Waals surface area contributed by atoms with Crippen molar-refractivity contribution in [2.24, 2.45) is 0 Å². The first-order chi connectivity index (χ1) is 39.5. The number of carbonyl (C=O) groups is 2. The molecule has 0 saturated heterocycles. The van der Waals surface area contributed by atoms with Crippen LogP contribution in [0.5, 0.6) is 0 Å². The third-order valence-electron chi connectivity index (χ3n) is 17.6. The Kier molecular flexibility index (Phi) is 68.9. The predicted octanol–water partition coefficient (Wildman–Crippen LogP) is 23.9. The van der Waals surface area contributed by atoms with Crippen LogP contribution < -0.4 is 5.32 Å². The quantitative estimate of drug-likeness (QED) is 0.0320. The molecular formula is C74H145NO5. The first kappa shape index (κ1) is 78.6. The van der Waals surface area contributed by atoms with E-state index in [-0.39, 0.29) is 18.5 Å². The van der Waals surface area contributed by atoms with Gasteiger partial charge in [0.25, 0.3) is 0 Å². The van der Waals surface area contributed by atoms with Gasteiger partial charge in [0.2, 0.25) is 5.91 Å². The van der Waals surface area contributed by atoms with Crippen LogP contribution in [0.1, 0.15) is 425 Å². The van der Waals surface area contributed by atoms with Gasteiger partial charge in [-0.05, 0) is 51.4 Å². The third kappa shape index (κ3) is 65.7. The minimum absolute atomic E-state index is 0.0153. The Balaban J connectivity index is 3.30. The molecule has 0 heterocycles. The average molecular weight is 1130 g/mol. The Morgan fingerprint density at radius 2 is 0.588 bits per heavy atom. The zero-order valence-electron chi connectivity index (χ0n) is 54.6. The molecule has 0 bridgehead atoms. The van der Waals surface area contributed by atoms with E-state index >= 15 is 0 Å². The van der Waals surface area contributed by atoms with Crippen molar-refractivity contribution in [3.05, 3.63) is 12.2 Å². The van der Waals surface area contributed by atoms with Crippen molar-refractivity contribution in [1.82, 2.24) is 5.32 Å². The molecule has 0 spiro atoms. The van der Waals surface area contributed by atoms with Crippen LogP contribution in [0.15, 0.2) is 12.2 Å². The lowest BCUT2D eigenvalue weighted by Crippen LogP contribution is -2.45. The molecule has 3 N–H and O–H groups in total. The van der Waals surface area contributed by atoms with E-state index in [4.69, 9.17) is 4.74 Å². The lowest BCUT2D eigenvalue weighted by atomic mass is 10.0. The highest BCUT2D eigenvalue weighted by Crippen LogP contribution is 2.20. The number of ether oxygens (including phenoxy) is 1. The Morgan fingerprint density at radius 1 is 0.338 bits per heavy atom. The molecule has 0 aliphatic rings. The average Bonchev–Trinajstić information content (AvgIpc) is 3.46. The molecule has 1 amide bonds. The van der Waals surface area contributed by atoms with E-state index < -0.39 is 12.1 Å². The Hall–Kier alpha value is -1.40. The van der Waals surface area contributed by atoms with E-state index in [2.05, 4.69) is 31.3 Å². The summed E-state index contributed by atoms with van der Waals surface area (Å²) in [4.78, 5) is 24.6. The number of unbranched alkanes of at least 4 members (excludes halogenated alkanes) is 57. The molecule has 2 unspecified atom stereocenters. The summed E-state index contributed by atoms with van der Waals surface area (Å²) in [5.41, 5.74) is 0. The summed E-state index contributed by atoms with van der Waals surface area (Å²) in [6, 6.07) is -0.536. The van der Waals surface area contributed by atoms with Crippen molar-refractivity contribution < 1.29 is 24.5 Å². The molecule has 0 fully saturated rings. The van der Waals surface area contributed by atoms with Gasteiger partial charge in [-0.25, -0.2) is 0 Å². The van der Waals surface area contributed by atoms with E-state index in [1.807, 2.05) is 0 Å². The maximum atomic E-state index is 12.5. The standard InChI is InChI=1S/C74H145NO5/c1-3-5-7-9-11-13-15-17-19-40-44-48-52-56-60-64-68-74(79)80-69-65-61-57-53-49-45-41-38-36-34-32-30-28-26-24-22-20-21-23-25-27-29-31-33-35-37-39-43-47-51-55-59-63-67-73(78)75-71(70-76)72(77)66-62-58-54-50-46-42-18-16-14-12-10-8-6-4-2/h19,40,71-72,76-77H,3-18,20-39,41-70H2,1-2H3,(H,75,78)/b40-19-. The first-order valence-electron chi connectivity index (χ1n) is 36.9. The number of nitrogens with one attached hydrogen (secondary N) is 1. The molecule has 6 nitrogen and oxygen atoms in total. The van der Waals surface area contributed by atoms with Crippen LogP contribution in [0.4, 0.5) is 0 Å². The maximum absolute atomic E-state index is 12.5. The molecular weight excluding hydrogens is 983 g/mol. The summed E-state index contributed by atoms with van der Waals surface area (Å²) < 4.78 is 5.50. The summed E-state index contributed by atoms with van der Waals surface area (Å²) in [5.74, 6) is -0.0118. The fraction of sp³-hybridized carbons (Fsp3) is 0.946. The highest BCUT2D eigenvalue weighted by Gasteiger charge is 2.20. The normalized spacial score (nSPS) is 12.5. The zero-order valence-corrected chi connectivity index (χ0v) is 54.6. The van der Waals surface area contributed by atoms with Crippen molar-refractivity contribution in [2.45, 2.75) is 437 Å². The van der Waals surface area contributed by atoms with Gasteiger partial charge in [-0.1, -0.05) is 373 Å². The van der Waals surface area contributed by atoms with Crippen LogP contribution in [-0.2, 0) is 14.3 Å². The summed E-state index contributed by atoms with van der Waals surface area (Å²) in [7, 11) is 0. The largest absolute Gasteiger partial charge is 0.466 e. The van der Waals surface area contributed by atoms with Gasteiger partial charge in [0.05, 0.1) is 25.4 Å². The summed E-state index contributed by atoms with van der Waals surface area (Å²) in [6.07, 6.45) is 87.1. The van der Waals surface area contributed by atoms with E-state index in [0.29, 0.717) is 25.9 Å². The van der Waals surface area contributed by atoms with Gasteiger partial charge in [0.1, 0.15) is 0 Å². The molecule has 0 aliphatic heterocycles. The number of aliphatic hydroxyl groups excluding tert-OH is 2. The molecule has 0 aliphatic carbocycles. The molecule has 0 aromatic heterocycles. The number of hydrogen-bond acceptors (Lipinski definition) is 5. The fourth-order valence-corrected chi connectivity index (χ4v) is 11.9. The highest BCUT2D eigenvalue weighted by atomic mass is 16.5. The number of esters is 1. The molecule has 0 aromatic carbocycles. The van der Waals surface area contributed by atoms with Gasteiger partial charge in [-0.2, -0.15) is 0 Å². The molecule has 80 heavy (non-hydrogen) atoms. The minimum Gasteiger partial charge on any atom is -0.466 e. The Labute approximate surface area is 501 Å². The van der Waals surface area contributed by atoms with Gasteiger partial charge >= 0.3 is 5.97 Å². The number of allylic oxidation sites excluding steroid dienone is 2. The van der Waals surface area contributed by atoms with Crippen molar-refractivity contribution in [1.29, 1.82) is 0 Å². The number of amides is 1. The molecule has 6 heteroatoms.